The average Bonchev–Trinajstić information content (AvgIpc) is 2.49. The number of hydrogen-bond donors (Lipinski definition) is 0. The molecule has 0 bridgehead atoms. The van der Waals surface area contributed by atoms with Gasteiger partial charge in [-0.05, 0) is 0 Å². The fourth-order valence-electron chi connectivity index (χ4n) is 2.81. The molecular weight excluding hydrogens is 283 g/mol. The maximum atomic E-state index is 7.37. The van der Waals surface area contributed by atoms with Crippen molar-refractivity contribution in [1.29, 1.82) is 0 Å². The Balaban J connectivity index is 2.31. The van der Waals surface area contributed by atoms with Crippen molar-refractivity contribution in [3.63, 3.8) is 0 Å². The van der Waals surface area contributed by atoms with Gasteiger partial charge in [-0.15, -0.1) is 0 Å². The van der Waals surface area contributed by atoms with Crippen molar-refractivity contribution in [3.8, 4) is 0 Å². The first kappa shape index (κ1) is 15.5. The van der Waals surface area contributed by atoms with Gasteiger partial charge in [0.1, 0.15) is 0 Å². The molecule has 0 aromatic heterocycles. The molecule has 2 rings (SSSR count). The predicted octanol–water partition coefficient (Wildman–Crippen LogP) is 6.13. The van der Waals surface area contributed by atoms with Crippen molar-refractivity contribution in [2.75, 3.05) is 12.3 Å². The summed E-state index contributed by atoms with van der Waals surface area (Å²) in [7, 11) is 0. The van der Waals surface area contributed by atoms with Crippen LogP contribution >= 0.6 is 17.2 Å². The fraction of sp³-hybridized carbons (Fsp3) is 0.333. The molecule has 0 atom stereocenters. The van der Waals surface area contributed by atoms with Crippen LogP contribution in [0.25, 0.3) is 0 Å². The van der Waals surface area contributed by atoms with Crippen LogP contribution in [0.4, 0.5) is 0 Å². The summed E-state index contributed by atoms with van der Waals surface area (Å²) in [6, 6.07) is 21.4. The zero-order chi connectivity index (χ0) is 14.5. The molecule has 2 aromatic carbocycles. The average molecular weight is 307 g/mol. The van der Waals surface area contributed by atoms with E-state index in [0.29, 0.717) is 0 Å². The zero-order valence-corrected chi connectivity index (χ0v) is 14.1. The van der Waals surface area contributed by atoms with Crippen molar-refractivity contribution in [2.45, 2.75) is 26.2 Å². The van der Waals surface area contributed by atoms with Crippen molar-refractivity contribution in [3.05, 3.63) is 71.8 Å². The molecule has 0 heterocycles. The van der Waals surface area contributed by atoms with Crippen molar-refractivity contribution < 1.29 is 0 Å². The molecule has 0 saturated carbocycles. The van der Waals surface area contributed by atoms with Gasteiger partial charge in [0.2, 0.25) is 0 Å². The van der Waals surface area contributed by atoms with E-state index in [1.165, 1.54) is 11.1 Å². The summed E-state index contributed by atoms with van der Waals surface area (Å²) in [5, 5.41) is 0. The van der Waals surface area contributed by atoms with Gasteiger partial charge in [-0.3, -0.25) is 0 Å². The molecule has 2 heteroatoms. The van der Waals surface area contributed by atoms with Crippen LogP contribution in [-0.4, -0.2) is 12.3 Å². The van der Waals surface area contributed by atoms with Gasteiger partial charge in [0.25, 0.3) is 0 Å². The van der Waals surface area contributed by atoms with E-state index >= 15 is 0 Å². The first-order valence-corrected chi connectivity index (χ1v) is 11.3. The molecule has 0 radical (unpaired) electrons. The molecular formula is C18H24ClP. The van der Waals surface area contributed by atoms with Crippen molar-refractivity contribution >= 4 is 17.2 Å². The molecule has 0 saturated heterocycles. The first-order valence-electron chi connectivity index (χ1n) is 7.38. The SMILES string of the molecule is CCP(Cl)(CC)(Cc1ccccc1)Cc1ccccc1. The van der Waals surface area contributed by atoms with Crippen LogP contribution in [0.2, 0.25) is 0 Å². The Labute approximate surface area is 127 Å². The number of halogens is 1. The monoisotopic (exact) mass is 306 g/mol. The third-order valence-corrected chi connectivity index (χ3v) is 12.0. The second-order valence-electron chi connectivity index (χ2n) is 5.74. The van der Waals surface area contributed by atoms with Crippen LogP contribution in [0.5, 0.6) is 0 Å². The molecule has 0 spiro atoms. The molecule has 0 unspecified atom stereocenters. The van der Waals surface area contributed by atoms with Gasteiger partial charge in [0, 0.05) is 0 Å². The molecule has 0 aliphatic heterocycles. The van der Waals surface area contributed by atoms with E-state index in [-0.39, 0.29) is 0 Å². The minimum absolute atomic E-state index is 1.04. The van der Waals surface area contributed by atoms with Gasteiger partial charge in [0.05, 0.1) is 0 Å². The minimum atomic E-state index is -2.24. The maximum absolute atomic E-state index is 7.37. The van der Waals surface area contributed by atoms with E-state index in [9.17, 15) is 0 Å². The van der Waals surface area contributed by atoms with Crippen LogP contribution in [0.1, 0.15) is 25.0 Å². The van der Waals surface area contributed by atoms with E-state index in [1.54, 1.807) is 0 Å². The second kappa shape index (κ2) is 6.29. The van der Waals surface area contributed by atoms with Crippen LogP contribution < -0.4 is 0 Å². The van der Waals surface area contributed by atoms with Crippen LogP contribution in [0.15, 0.2) is 60.7 Å². The second-order valence-corrected chi connectivity index (χ2v) is 14.1. The quantitative estimate of drug-likeness (QED) is 0.563. The summed E-state index contributed by atoms with van der Waals surface area (Å²) in [5.74, 6) is -2.24. The number of rotatable bonds is 6. The summed E-state index contributed by atoms with van der Waals surface area (Å²) in [4.78, 5) is 0. The number of hydrogen-bond acceptors (Lipinski definition) is 0. The van der Waals surface area contributed by atoms with Gasteiger partial charge in [-0.25, -0.2) is 0 Å². The Hall–Kier alpha value is -0.840. The molecule has 0 aliphatic rings. The van der Waals surface area contributed by atoms with E-state index in [1.807, 2.05) is 0 Å². The van der Waals surface area contributed by atoms with Crippen molar-refractivity contribution in [1.82, 2.24) is 0 Å². The van der Waals surface area contributed by atoms with Gasteiger partial charge in [-0.1, -0.05) is 0 Å². The van der Waals surface area contributed by atoms with Gasteiger partial charge >= 0.3 is 127 Å². The molecule has 20 heavy (non-hydrogen) atoms. The molecule has 0 aliphatic carbocycles. The Morgan fingerprint density at radius 2 is 1.05 bits per heavy atom. The zero-order valence-electron chi connectivity index (χ0n) is 12.4. The van der Waals surface area contributed by atoms with Gasteiger partial charge in [0.15, 0.2) is 0 Å². The summed E-state index contributed by atoms with van der Waals surface area (Å²) in [5.41, 5.74) is 2.75. The van der Waals surface area contributed by atoms with E-state index < -0.39 is 5.96 Å². The van der Waals surface area contributed by atoms with E-state index in [2.05, 4.69) is 74.5 Å². The molecule has 0 amide bonds. The third kappa shape index (κ3) is 3.62. The Morgan fingerprint density at radius 3 is 1.35 bits per heavy atom. The molecule has 2 aromatic rings. The summed E-state index contributed by atoms with van der Waals surface area (Å²) in [6.07, 6.45) is 4.26. The molecule has 0 N–H and O–H groups in total. The summed E-state index contributed by atoms with van der Waals surface area (Å²) < 4.78 is 0. The van der Waals surface area contributed by atoms with E-state index in [0.717, 1.165) is 24.6 Å². The standard InChI is InChI=1S/C18H24ClP/c1-3-20(19,4-2,15-17-11-7-5-8-12-17)16-18-13-9-6-10-14-18/h5-14H,3-4,15-16H2,1-2H3. The first-order chi connectivity index (χ1) is 9.58. The van der Waals surface area contributed by atoms with Crippen molar-refractivity contribution in [2.24, 2.45) is 0 Å². The Morgan fingerprint density at radius 1 is 0.700 bits per heavy atom. The molecule has 0 nitrogen and oxygen atoms in total. The topological polar surface area (TPSA) is 0 Å². The normalized spacial score (nSPS) is 13.7. The van der Waals surface area contributed by atoms with Gasteiger partial charge < -0.3 is 0 Å². The summed E-state index contributed by atoms with van der Waals surface area (Å²) in [6.45, 7) is 4.53. The summed E-state index contributed by atoms with van der Waals surface area (Å²) >= 11 is 7.37. The van der Waals surface area contributed by atoms with Gasteiger partial charge in [-0.2, -0.15) is 0 Å². The third-order valence-electron chi connectivity index (χ3n) is 4.42. The predicted molar refractivity (Wildman–Crippen MR) is 94.1 cm³/mol. The van der Waals surface area contributed by atoms with Crippen LogP contribution in [-0.2, 0) is 12.3 Å². The molecule has 0 fully saturated rings. The Bertz CT molecular complexity index is 486. The van der Waals surface area contributed by atoms with Crippen LogP contribution in [0.3, 0.4) is 0 Å². The number of benzene rings is 2. The van der Waals surface area contributed by atoms with Crippen LogP contribution in [0, 0.1) is 0 Å². The Kier molecular flexibility index (Phi) is 4.89. The van der Waals surface area contributed by atoms with E-state index in [4.69, 9.17) is 11.2 Å². The fourth-order valence-corrected chi connectivity index (χ4v) is 7.33. The molecule has 108 valence electrons.